The first-order valence-electron chi connectivity index (χ1n) is 4.80. The van der Waals surface area contributed by atoms with Crippen molar-refractivity contribution in [2.24, 2.45) is 0 Å². The Balaban J connectivity index is 4.75. The minimum Gasteiger partial charge on any atom is -0.478 e. The van der Waals surface area contributed by atoms with Gasteiger partial charge in [-0.25, -0.2) is 9.59 Å². The molecule has 0 aromatic heterocycles. The molecule has 0 atom stereocenters. The Hall–Kier alpha value is -1.36. The number of carboxylic acids is 2. The fourth-order valence-corrected chi connectivity index (χ4v) is 1.20. The topological polar surface area (TPSA) is 83.8 Å². The average Bonchev–Trinajstić information content (AvgIpc) is 2.16. The van der Waals surface area contributed by atoms with E-state index in [2.05, 4.69) is 0 Å². The van der Waals surface area contributed by atoms with Crippen molar-refractivity contribution in [1.82, 2.24) is 0 Å². The average molecular weight is 216 g/mol. The summed E-state index contributed by atoms with van der Waals surface area (Å²) in [5.41, 5.74) is -0.124. The second kappa shape index (κ2) is 7.00. The molecule has 0 bridgehead atoms. The molecule has 15 heavy (non-hydrogen) atoms. The van der Waals surface area contributed by atoms with Crippen LogP contribution in [0.4, 0.5) is 0 Å². The normalized spacial score (nSPS) is 12.1. The Kier molecular flexibility index (Phi) is 6.37. The number of carboxylic acid groups (broad SMARTS) is 2. The van der Waals surface area contributed by atoms with Gasteiger partial charge in [-0.15, -0.1) is 0 Å². The minimum atomic E-state index is -1.19. The number of hydrogen-bond donors (Lipinski definition) is 2. The molecule has 0 aliphatic carbocycles. The third kappa shape index (κ3) is 4.60. The van der Waals surface area contributed by atoms with Crippen LogP contribution >= 0.6 is 0 Å². The molecule has 2 N–H and O–H groups in total. The quantitative estimate of drug-likeness (QED) is 0.495. The van der Waals surface area contributed by atoms with Crippen molar-refractivity contribution in [3.05, 3.63) is 11.1 Å². The van der Waals surface area contributed by atoms with Crippen LogP contribution in [0.15, 0.2) is 11.1 Å². The molecule has 0 amide bonds. The lowest BCUT2D eigenvalue weighted by atomic mass is 10.0. The van der Waals surface area contributed by atoms with E-state index in [1.165, 1.54) is 0 Å². The van der Waals surface area contributed by atoms with E-state index >= 15 is 0 Å². The second-order valence-electron chi connectivity index (χ2n) is 2.87. The van der Waals surface area contributed by atoms with E-state index in [-0.39, 0.29) is 30.6 Å². The highest BCUT2D eigenvalue weighted by atomic mass is 16.5. The summed E-state index contributed by atoms with van der Waals surface area (Å²) < 4.78 is 5.00. The van der Waals surface area contributed by atoms with Gasteiger partial charge in [0.2, 0.25) is 0 Å². The first-order valence-corrected chi connectivity index (χ1v) is 4.80. The number of ether oxygens (including phenoxy) is 1. The van der Waals surface area contributed by atoms with Crippen molar-refractivity contribution in [2.45, 2.75) is 26.7 Å². The monoisotopic (exact) mass is 216 g/mol. The third-order valence-electron chi connectivity index (χ3n) is 1.93. The van der Waals surface area contributed by atoms with Gasteiger partial charge in [0.1, 0.15) is 0 Å². The molecule has 86 valence electrons. The van der Waals surface area contributed by atoms with Crippen LogP contribution in [-0.2, 0) is 14.3 Å². The lowest BCUT2D eigenvalue weighted by molar-refractivity contribution is -0.136. The van der Waals surface area contributed by atoms with Gasteiger partial charge in [0.25, 0.3) is 0 Å². The van der Waals surface area contributed by atoms with Crippen LogP contribution < -0.4 is 0 Å². The molecular formula is C10H16O5. The molecule has 0 rings (SSSR count). The Morgan fingerprint density at radius 3 is 1.93 bits per heavy atom. The lowest BCUT2D eigenvalue weighted by Crippen LogP contribution is -2.13. The molecule has 0 aromatic rings. The largest absolute Gasteiger partial charge is 0.478 e. The van der Waals surface area contributed by atoms with Gasteiger partial charge in [0, 0.05) is 24.2 Å². The highest BCUT2D eigenvalue weighted by Gasteiger charge is 2.17. The van der Waals surface area contributed by atoms with Gasteiger partial charge >= 0.3 is 11.9 Å². The van der Waals surface area contributed by atoms with Crippen LogP contribution in [0.1, 0.15) is 26.7 Å². The predicted molar refractivity (Wildman–Crippen MR) is 53.7 cm³/mol. The fraction of sp³-hybridized carbons (Fsp3) is 0.600. The molecule has 5 nitrogen and oxygen atoms in total. The van der Waals surface area contributed by atoms with E-state index in [1.54, 1.807) is 13.8 Å². The molecular weight excluding hydrogens is 200 g/mol. The smallest absolute Gasteiger partial charge is 0.332 e. The summed E-state index contributed by atoms with van der Waals surface area (Å²) in [6.45, 7) is 4.13. The van der Waals surface area contributed by atoms with Gasteiger partial charge in [-0.2, -0.15) is 0 Å². The Morgan fingerprint density at radius 1 is 1.07 bits per heavy atom. The molecule has 0 radical (unpaired) electrons. The summed E-state index contributed by atoms with van der Waals surface area (Å²) >= 11 is 0. The maximum Gasteiger partial charge on any atom is 0.332 e. The molecule has 0 fully saturated rings. The van der Waals surface area contributed by atoms with Gasteiger partial charge in [0.15, 0.2) is 0 Å². The minimum absolute atomic E-state index is 0.0535. The van der Waals surface area contributed by atoms with Crippen LogP contribution in [0, 0.1) is 0 Å². The SMILES string of the molecule is CCOCCC(C(=O)O)=C(CC)C(=O)O. The van der Waals surface area contributed by atoms with Crippen LogP contribution in [0.2, 0.25) is 0 Å². The van der Waals surface area contributed by atoms with E-state index in [0.717, 1.165) is 0 Å². The van der Waals surface area contributed by atoms with E-state index in [0.29, 0.717) is 6.61 Å². The predicted octanol–water partition coefficient (Wildman–Crippen LogP) is 1.29. The van der Waals surface area contributed by atoms with Crippen molar-refractivity contribution >= 4 is 11.9 Å². The Morgan fingerprint density at radius 2 is 1.60 bits per heavy atom. The van der Waals surface area contributed by atoms with Crippen molar-refractivity contribution in [2.75, 3.05) is 13.2 Å². The van der Waals surface area contributed by atoms with Crippen molar-refractivity contribution in [3.8, 4) is 0 Å². The van der Waals surface area contributed by atoms with Crippen LogP contribution in [0.3, 0.4) is 0 Å². The maximum atomic E-state index is 10.8. The molecule has 5 heteroatoms. The van der Waals surface area contributed by atoms with E-state index < -0.39 is 11.9 Å². The second-order valence-corrected chi connectivity index (χ2v) is 2.87. The molecule has 0 unspecified atom stereocenters. The van der Waals surface area contributed by atoms with Gasteiger partial charge in [0.05, 0.1) is 6.61 Å². The van der Waals surface area contributed by atoms with Crippen LogP contribution in [-0.4, -0.2) is 35.4 Å². The molecule has 0 spiro atoms. The van der Waals surface area contributed by atoms with Gasteiger partial charge < -0.3 is 14.9 Å². The van der Waals surface area contributed by atoms with E-state index in [4.69, 9.17) is 14.9 Å². The summed E-state index contributed by atoms with van der Waals surface area (Å²) in [4.78, 5) is 21.6. The summed E-state index contributed by atoms with van der Waals surface area (Å²) in [6, 6.07) is 0. The number of aliphatic carboxylic acids is 2. The molecule has 0 aliphatic rings. The van der Waals surface area contributed by atoms with E-state index in [9.17, 15) is 9.59 Å². The highest BCUT2D eigenvalue weighted by molar-refractivity contribution is 5.98. The molecule has 0 aromatic carbocycles. The number of hydrogen-bond acceptors (Lipinski definition) is 3. The van der Waals surface area contributed by atoms with Crippen LogP contribution in [0.5, 0.6) is 0 Å². The van der Waals surface area contributed by atoms with Crippen molar-refractivity contribution in [1.29, 1.82) is 0 Å². The lowest BCUT2D eigenvalue weighted by Gasteiger charge is -2.07. The summed E-state index contributed by atoms with van der Waals surface area (Å²) in [6.07, 6.45) is 0.321. The van der Waals surface area contributed by atoms with Crippen LogP contribution in [0.25, 0.3) is 0 Å². The Labute approximate surface area is 88.4 Å². The third-order valence-corrected chi connectivity index (χ3v) is 1.93. The number of rotatable bonds is 7. The molecule has 0 heterocycles. The van der Waals surface area contributed by atoms with Gasteiger partial charge in [-0.3, -0.25) is 0 Å². The summed E-state index contributed by atoms with van der Waals surface area (Å²) in [5.74, 6) is -2.36. The summed E-state index contributed by atoms with van der Waals surface area (Å²) in [5, 5.41) is 17.6. The van der Waals surface area contributed by atoms with Gasteiger partial charge in [-0.1, -0.05) is 6.92 Å². The molecule has 0 aliphatic heterocycles. The zero-order valence-corrected chi connectivity index (χ0v) is 8.95. The zero-order valence-electron chi connectivity index (χ0n) is 8.95. The Bertz CT molecular complexity index is 267. The molecule has 0 saturated heterocycles. The first-order chi connectivity index (χ1) is 7.04. The summed E-state index contributed by atoms with van der Waals surface area (Å²) in [7, 11) is 0. The molecule has 0 saturated carbocycles. The standard InChI is InChI=1S/C10H16O5/c1-3-7(9(11)12)8(10(13)14)5-6-15-4-2/h3-6H2,1-2H3,(H,11,12)(H,13,14). The highest BCUT2D eigenvalue weighted by Crippen LogP contribution is 2.13. The number of carbonyl (C=O) groups is 2. The van der Waals surface area contributed by atoms with Crippen molar-refractivity contribution < 1.29 is 24.5 Å². The fourth-order valence-electron chi connectivity index (χ4n) is 1.20. The van der Waals surface area contributed by atoms with Crippen molar-refractivity contribution in [3.63, 3.8) is 0 Å². The first kappa shape index (κ1) is 13.6. The van der Waals surface area contributed by atoms with Gasteiger partial charge in [-0.05, 0) is 13.3 Å². The van der Waals surface area contributed by atoms with E-state index in [1.807, 2.05) is 0 Å². The maximum absolute atomic E-state index is 10.8. The zero-order chi connectivity index (χ0) is 11.8.